The highest BCUT2D eigenvalue weighted by molar-refractivity contribution is 14.1. The van der Waals surface area contributed by atoms with Gasteiger partial charge >= 0.3 is 0 Å². The molecular formula is C17H19IN2O. The first-order valence-corrected chi connectivity index (χ1v) is 8.06. The third-order valence-electron chi connectivity index (χ3n) is 3.25. The number of nitrogens with zero attached hydrogens (tertiary/aromatic N) is 1. The molecule has 0 bridgehead atoms. The second-order valence-corrected chi connectivity index (χ2v) is 6.06. The Labute approximate surface area is 139 Å². The van der Waals surface area contributed by atoms with E-state index in [4.69, 9.17) is 0 Å². The number of carbonyl (C=O) groups excluding carboxylic acids is 1. The van der Waals surface area contributed by atoms with Crippen molar-refractivity contribution in [3.8, 4) is 0 Å². The predicted octanol–water partition coefficient (Wildman–Crippen LogP) is 4.39. The zero-order valence-corrected chi connectivity index (χ0v) is 14.4. The van der Waals surface area contributed by atoms with Gasteiger partial charge in [-0.2, -0.15) is 0 Å². The smallest absolute Gasteiger partial charge is 0.255 e. The average Bonchev–Trinajstić information content (AvgIpc) is 2.50. The lowest BCUT2D eigenvalue weighted by molar-refractivity contribution is 0.102. The summed E-state index contributed by atoms with van der Waals surface area (Å²) in [6.45, 7) is 3.16. The van der Waals surface area contributed by atoms with Crippen molar-refractivity contribution >= 4 is 39.9 Å². The van der Waals surface area contributed by atoms with Gasteiger partial charge < -0.3 is 10.2 Å². The number of carbonyl (C=O) groups is 1. The van der Waals surface area contributed by atoms with Crippen molar-refractivity contribution in [1.82, 2.24) is 0 Å². The Morgan fingerprint density at radius 1 is 1.14 bits per heavy atom. The Morgan fingerprint density at radius 2 is 1.81 bits per heavy atom. The lowest BCUT2D eigenvalue weighted by Gasteiger charge is -2.18. The van der Waals surface area contributed by atoms with Crippen molar-refractivity contribution in [2.24, 2.45) is 0 Å². The molecule has 4 heteroatoms. The summed E-state index contributed by atoms with van der Waals surface area (Å²) in [5.74, 6) is -0.0798. The van der Waals surface area contributed by atoms with E-state index in [2.05, 4.69) is 46.8 Å². The molecule has 3 nitrogen and oxygen atoms in total. The molecule has 1 N–H and O–H groups in total. The maximum Gasteiger partial charge on any atom is 0.255 e. The first-order chi connectivity index (χ1) is 10.1. The quantitative estimate of drug-likeness (QED) is 0.763. The fraction of sp³-hybridized carbons (Fsp3) is 0.235. The van der Waals surface area contributed by atoms with E-state index in [0.29, 0.717) is 5.56 Å². The molecule has 2 aromatic rings. The Hall–Kier alpha value is -1.56. The van der Waals surface area contributed by atoms with Crippen LogP contribution < -0.4 is 10.2 Å². The van der Waals surface area contributed by atoms with Crippen LogP contribution in [-0.4, -0.2) is 19.5 Å². The molecule has 0 aromatic heterocycles. The van der Waals surface area contributed by atoms with Gasteiger partial charge in [0, 0.05) is 28.4 Å². The minimum Gasteiger partial charge on any atom is -0.375 e. The van der Waals surface area contributed by atoms with Crippen molar-refractivity contribution in [3.63, 3.8) is 0 Å². The monoisotopic (exact) mass is 394 g/mol. The maximum absolute atomic E-state index is 12.2. The molecule has 0 aliphatic rings. The summed E-state index contributed by atoms with van der Waals surface area (Å²) in [5, 5.41) is 2.94. The van der Waals surface area contributed by atoms with Crippen LogP contribution in [0.2, 0.25) is 0 Å². The maximum atomic E-state index is 12.2. The SMILES string of the molecule is CCCN(C)c1ccc(C(=O)Nc2ccccc2I)cc1. The summed E-state index contributed by atoms with van der Waals surface area (Å²) in [4.78, 5) is 14.4. The van der Waals surface area contributed by atoms with Crippen LogP contribution in [0.15, 0.2) is 48.5 Å². The largest absolute Gasteiger partial charge is 0.375 e. The van der Waals surface area contributed by atoms with Crippen LogP contribution in [0.5, 0.6) is 0 Å². The minimum absolute atomic E-state index is 0.0798. The van der Waals surface area contributed by atoms with Gasteiger partial charge in [0.05, 0.1) is 5.69 Å². The topological polar surface area (TPSA) is 32.3 Å². The van der Waals surface area contributed by atoms with Crippen molar-refractivity contribution in [3.05, 3.63) is 57.7 Å². The molecule has 21 heavy (non-hydrogen) atoms. The van der Waals surface area contributed by atoms with Gasteiger partial charge in [-0.3, -0.25) is 4.79 Å². The van der Waals surface area contributed by atoms with Crippen LogP contribution in [0, 0.1) is 3.57 Å². The third-order valence-corrected chi connectivity index (χ3v) is 4.19. The fourth-order valence-electron chi connectivity index (χ4n) is 2.09. The Kier molecular flexibility index (Phi) is 5.61. The van der Waals surface area contributed by atoms with Gasteiger partial charge in [0.2, 0.25) is 0 Å². The normalized spacial score (nSPS) is 10.2. The summed E-state index contributed by atoms with van der Waals surface area (Å²) in [6.07, 6.45) is 1.10. The van der Waals surface area contributed by atoms with Crippen molar-refractivity contribution in [2.45, 2.75) is 13.3 Å². The lowest BCUT2D eigenvalue weighted by atomic mass is 10.1. The minimum atomic E-state index is -0.0798. The van der Waals surface area contributed by atoms with E-state index in [1.807, 2.05) is 48.5 Å². The number of benzene rings is 2. The summed E-state index contributed by atoms with van der Waals surface area (Å²) in [7, 11) is 2.06. The summed E-state index contributed by atoms with van der Waals surface area (Å²) in [5.41, 5.74) is 2.64. The molecule has 0 saturated heterocycles. The fourth-order valence-corrected chi connectivity index (χ4v) is 2.61. The van der Waals surface area contributed by atoms with Gasteiger partial charge in [-0.05, 0) is 65.4 Å². The van der Waals surface area contributed by atoms with Crippen molar-refractivity contribution in [2.75, 3.05) is 23.8 Å². The zero-order valence-electron chi connectivity index (χ0n) is 12.3. The second-order valence-electron chi connectivity index (χ2n) is 4.90. The standard InChI is InChI=1S/C17H19IN2O/c1-3-12-20(2)14-10-8-13(9-11-14)17(21)19-16-7-5-4-6-15(16)18/h4-11H,3,12H2,1-2H3,(H,19,21). The van der Waals surface area contributed by atoms with Crippen LogP contribution in [0.4, 0.5) is 11.4 Å². The number of amides is 1. The molecule has 0 aliphatic carbocycles. The van der Waals surface area contributed by atoms with Gasteiger partial charge in [0.15, 0.2) is 0 Å². The molecule has 0 atom stereocenters. The Morgan fingerprint density at radius 3 is 2.43 bits per heavy atom. The number of para-hydroxylation sites is 1. The highest BCUT2D eigenvalue weighted by Gasteiger charge is 2.08. The van der Waals surface area contributed by atoms with E-state index in [1.54, 1.807) is 0 Å². The van der Waals surface area contributed by atoms with Crippen LogP contribution >= 0.6 is 22.6 Å². The first kappa shape index (κ1) is 15.8. The highest BCUT2D eigenvalue weighted by atomic mass is 127. The van der Waals surface area contributed by atoms with Gasteiger partial charge in [0.25, 0.3) is 5.91 Å². The molecule has 0 spiro atoms. The molecule has 0 radical (unpaired) electrons. The third kappa shape index (κ3) is 4.20. The Bertz CT molecular complexity index is 610. The van der Waals surface area contributed by atoms with Gasteiger partial charge in [-0.15, -0.1) is 0 Å². The van der Waals surface area contributed by atoms with Crippen molar-refractivity contribution in [1.29, 1.82) is 0 Å². The van der Waals surface area contributed by atoms with Gasteiger partial charge in [0.1, 0.15) is 0 Å². The molecule has 0 fully saturated rings. The second kappa shape index (κ2) is 7.45. The van der Waals surface area contributed by atoms with Crippen LogP contribution in [-0.2, 0) is 0 Å². The van der Waals surface area contributed by atoms with Gasteiger partial charge in [-0.1, -0.05) is 19.1 Å². The van der Waals surface area contributed by atoms with E-state index in [1.165, 1.54) is 0 Å². The summed E-state index contributed by atoms with van der Waals surface area (Å²) >= 11 is 2.21. The summed E-state index contributed by atoms with van der Waals surface area (Å²) in [6, 6.07) is 15.5. The predicted molar refractivity (Wildman–Crippen MR) is 97.1 cm³/mol. The molecule has 0 heterocycles. The molecule has 1 amide bonds. The lowest BCUT2D eigenvalue weighted by Crippen LogP contribution is -2.18. The van der Waals surface area contributed by atoms with Crippen LogP contribution in [0.1, 0.15) is 23.7 Å². The molecule has 0 aliphatic heterocycles. The molecule has 2 rings (SSSR count). The van der Waals surface area contributed by atoms with E-state index in [9.17, 15) is 4.79 Å². The van der Waals surface area contributed by atoms with E-state index < -0.39 is 0 Å². The van der Waals surface area contributed by atoms with E-state index >= 15 is 0 Å². The molecule has 2 aromatic carbocycles. The average molecular weight is 394 g/mol. The number of anilines is 2. The number of rotatable bonds is 5. The number of halogens is 1. The van der Waals surface area contributed by atoms with Crippen molar-refractivity contribution < 1.29 is 4.79 Å². The molecule has 0 unspecified atom stereocenters. The van der Waals surface area contributed by atoms with E-state index in [0.717, 1.165) is 27.9 Å². The molecule has 0 saturated carbocycles. The van der Waals surface area contributed by atoms with Crippen LogP contribution in [0.25, 0.3) is 0 Å². The molecule has 110 valence electrons. The van der Waals surface area contributed by atoms with E-state index in [-0.39, 0.29) is 5.91 Å². The number of hydrogen-bond acceptors (Lipinski definition) is 2. The van der Waals surface area contributed by atoms with Gasteiger partial charge in [-0.25, -0.2) is 0 Å². The number of hydrogen-bond donors (Lipinski definition) is 1. The van der Waals surface area contributed by atoms with Crippen LogP contribution in [0.3, 0.4) is 0 Å². The number of nitrogens with one attached hydrogen (secondary N) is 1. The Balaban J connectivity index is 2.08. The zero-order chi connectivity index (χ0) is 15.2. The summed E-state index contributed by atoms with van der Waals surface area (Å²) < 4.78 is 1.03. The first-order valence-electron chi connectivity index (χ1n) is 6.99. The molecular weight excluding hydrogens is 375 g/mol. The highest BCUT2D eigenvalue weighted by Crippen LogP contribution is 2.19.